The second kappa shape index (κ2) is 5.12. The average molecular weight is 222 g/mol. The van der Waals surface area contributed by atoms with Gasteiger partial charge < -0.3 is 5.32 Å². The third kappa shape index (κ3) is 2.48. The van der Waals surface area contributed by atoms with Gasteiger partial charge in [0, 0.05) is 0 Å². The lowest BCUT2D eigenvalue weighted by Crippen LogP contribution is -2.16. The van der Waals surface area contributed by atoms with Gasteiger partial charge in [-0.3, -0.25) is 10.1 Å². The van der Waals surface area contributed by atoms with Crippen LogP contribution in [0.15, 0.2) is 18.2 Å². The first-order valence-corrected chi connectivity index (χ1v) is 4.75. The topological polar surface area (TPSA) is 55.2 Å². The maximum atomic E-state index is 13.2. The fourth-order valence-corrected chi connectivity index (χ4v) is 1.27. The second-order valence-corrected chi connectivity index (χ2v) is 3.16. The predicted octanol–water partition coefficient (Wildman–Crippen LogP) is 2.56. The maximum absolute atomic E-state index is 13.2. The van der Waals surface area contributed by atoms with Crippen molar-refractivity contribution in [2.45, 2.75) is 19.4 Å². The molecule has 1 unspecified atom stereocenters. The molecule has 0 fully saturated rings. The first kappa shape index (κ1) is 12.0. The summed E-state index contributed by atoms with van der Waals surface area (Å²) in [5.74, 6) is 1.56. The molecule has 1 rings (SSSR count). The molecule has 1 N–H and O–H groups in total. The molecule has 0 aromatic heterocycles. The summed E-state index contributed by atoms with van der Waals surface area (Å²) in [5, 5.41) is 13.4. The third-order valence-corrected chi connectivity index (χ3v) is 2.11. The summed E-state index contributed by atoms with van der Waals surface area (Å²) in [6, 6.07) is 3.52. The normalized spacial score (nSPS) is 11.6. The molecule has 4 nitrogen and oxygen atoms in total. The number of hydrogen-bond donors (Lipinski definition) is 1. The van der Waals surface area contributed by atoms with E-state index in [1.807, 2.05) is 6.92 Å². The van der Waals surface area contributed by atoms with E-state index >= 15 is 0 Å². The molecule has 0 aliphatic rings. The van der Waals surface area contributed by atoms with Crippen LogP contribution in [0, 0.1) is 28.3 Å². The fourth-order valence-electron chi connectivity index (χ4n) is 1.27. The zero-order valence-corrected chi connectivity index (χ0v) is 8.74. The van der Waals surface area contributed by atoms with Gasteiger partial charge in [-0.15, -0.1) is 6.42 Å². The number of halogens is 1. The largest absolute Gasteiger partial charge is 0.366 e. The highest BCUT2D eigenvalue weighted by atomic mass is 19.1. The maximum Gasteiger partial charge on any atom is 0.327 e. The summed E-state index contributed by atoms with van der Waals surface area (Å²) in [6.07, 6.45) is 5.82. The second-order valence-electron chi connectivity index (χ2n) is 3.16. The zero-order valence-electron chi connectivity index (χ0n) is 8.74. The number of terminal acetylenes is 1. The smallest absolute Gasteiger partial charge is 0.327 e. The molecule has 1 atom stereocenters. The van der Waals surface area contributed by atoms with Crippen LogP contribution in [0.3, 0.4) is 0 Å². The molecule has 0 saturated heterocycles. The molecule has 16 heavy (non-hydrogen) atoms. The highest BCUT2D eigenvalue weighted by Crippen LogP contribution is 2.27. The van der Waals surface area contributed by atoms with Crippen LogP contribution in [-0.2, 0) is 0 Å². The molecular formula is C11H11FN2O2. The van der Waals surface area contributed by atoms with E-state index in [1.165, 1.54) is 12.1 Å². The molecule has 0 amide bonds. The molecule has 1 aromatic carbocycles. The van der Waals surface area contributed by atoms with Crippen molar-refractivity contribution in [1.29, 1.82) is 0 Å². The molecule has 0 aliphatic heterocycles. The quantitative estimate of drug-likeness (QED) is 0.484. The van der Waals surface area contributed by atoms with Crippen LogP contribution in [0.1, 0.15) is 13.3 Å². The van der Waals surface area contributed by atoms with Gasteiger partial charge in [-0.25, -0.2) is 0 Å². The van der Waals surface area contributed by atoms with Crippen molar-refractivity contribution >= 4 is 11.4 Å². The Hall–Kier alpha value is -2.09. The van der Waals surface area contributed by atoms with E-state index in [2.05, 4.69) is 11.2 Å². The van der Waals surface area contributed by atoms with Gasteiger partial charge in [-0.05, 0) is 18.6 Å². The van der Waals surface area contributed by atoms with Crippen LogP contribution in [0.2, 0.25) is 0 Å². The average Bonchev–Trinajstić information content (AvgIpc) is 2.25. The van der Waals surface area contributed by atoms with Crippen LogP contribution < -0.4 is 5.32 Å². The Labute approximate surface area is 92.6 Å². The number of nitro benzene ring substituents is 1. The summed E-state index contributed by atoms with van der Waals surface area (Å²) >= 11 is 0. The molecule has 0 aliphatic carbocycles. The Morgan fingerprint density at radius 1 is 1.69 bits per heavy atom. The lowest BCUT2D eigenvalue weighted by Gasteiger charge is -2.12. The van der Waals surface area contributed by atoms with Crippen molar-refractivity contribution in [1.82, 2.24) is 0 Å². The van der Waals surface area contributed by atoms with Crippen molar-refractivity contribution in [2.24, 2.45) is 0 Å². The molecule has 1 aromatic rings. The van der Waals surface area contributed by atoms with Gasteiger partial charge in [0.2, 0.25) is 5.82 Å². The van der Waals surface area contributed by atoms with Crippen LogP contribution in [0.4, 0.5) is 15.8 Å². The standard InChI is InChI=1S/C11H11FN2O2/c1-3-8(4-2)13-10-7-5-6-9(12)11(10)14(15)16/h1,5-8,13H,4H2,2H3. The molecule has 0 saturated carbocycles. The molecule has 5 heteroatoms. The molecule has 0 bridgehead atoms. The van der Waals surface area contributed by atoms with E-state index in [0.717, 1.165) is 6.07 Å². The fraction of sp³-hybridized carbons (Fsp3) is 0.273. The number of nitrogens with zero attached hydrogens (tertiary/aromatic N) is 1. The van der Waals surface area contributed by atoms with Crippen LogP contribution >= 0.6 is 0 Å². The molecule has 0 radical (unpaired) electrons. The Bertz CT molecular complexity index is 440. The Balaban J connectivity index is 3.09. The number of para-hydroxylation sites is 1. The summed E-state index contributed by atoms with van der Waals surface area (Å²) in [4.78, 5) is 9.91. The predicted molar refractivity (Wildman–Crippen MR) is 59.6 cm³/mol. The monoisotopic (exact) mass is 222 g/mol. The summed E-state index contributed by atoms with van der Waals surface area (Å²) < 4.78 is 13.2. The summed E-state index contributed by atoms with van der Waals surface area (Å²) in [7, 11) is 0. The zero-order chi connectivity index (χ0) is 12.1. The number of anilines is 1. The number of nitrogens with one attached hydrogen (secondary N) is 1. The van der Waals surface area contributed by atoms with Gasteiger partial charge in [0.1, 0.15) is 5.69 Å². The minimum absolute atomic E-state index is 0.106. The van der Waals surface area contributed by atoms with Crippen molar-refractivity contribution in [3.8, 4) is 12.3 Å². The molecule has 84 valence electrons. The Morgan fingerprint density at radius 3 is 2.88 bits per heavy atom. The van der Waals surface area contributed by atoms with Gasteiger partial charge in [-0.1, -0.05) is 18.9 Å². The first-order chi connectivity index (χ1) is 7.60. The lowest BCUT2D eigenvalue weighted by molar-refractivity contribution is -0.386. The van der Waals surface area contributed by atoms with Gasteiger partial charge in [0.15, 0.2) is 0 Å². The lowest BCUT2D eigenvalue weighted by atomic mass is 10.2. The van der Waals surface area contributed by atoms with Gasteiger partial charge >= 0.3 is 5.69 Å². The molecule has 0 spiro atoms. The van der Waals surface area contributed by atoms with E-state index in [0.29, 0.717) is 6.42 Å². The highest BCUT2D eigenvalue weighted by Gasteiger charge is 2.20. The van der Waals surface area contributed by atoms with Gasteiger partial charge in [0.05, 0.1) is 11.0 Å². The van der Waals surface area contributed by atoms with Crippen molar-refractivity contribution in [3.63, 3.8) is 0 Å². The number of nitro groups is 1. The Morgan fingerprint density at radius 2 is 2.38 bits per heavy atom. The summed E-state index contributed by atoms with van der Waals surface area (Å²) in [6.45, 7) is 1.84. The number of hydrogen-bond acceptors (Lipinski definition) is 3. The van der Waals surface area contributed by atoms with Crippen molar-refractivity contribution in [3.05, 3.63) is 34.1 Å². The number of rotatable bonds is 4. The van der Waals surface area contributed by atoms with Gasteiger partial charge in [0.25, 0.3) is 0 Å². The molecule has 0 heterocycles. The van der Waals surface area contributed by atoms with Crippen LogP contribution in [0.25, 0.3) is 0 Å². The van der Waals surface area contributed by atoms with E-state index < -0.39 is 16.4 Å². The highest BCUT2D eigenvalue weighted by molar-refractivity contribution is 5.63. The minimum atomic E-state index is -0.873. The van der Waals surface area contributed by atoms with Gasteiger partial charge in [-0.2, -0.15) is 4.39 Å². The SMILES string of the molecule is C#CC(CC)Nc1cccc(F)c1[N+](=O)[O-]. The van der Waals surface area contributed by atoms with E-state index in [1.54, 1.807) is 0 Å². The van der Waals surface area contributed by atoms with E-state index in [-0.39, 0.29) is 11.7 Å². The van der Waals surface area contributed by atoms with E-state index in [4.69, 9.17) is 6.42 Å². The molecular weight excluding hydrogens is 211 g/mol. The minimum Gasteiger partial charge on any atom is -0.366 e. The van der Waals surface area contributed by atoms with Crippen molar-refractivity contribution in [2.75, 3.05) is 5.32 Å². The van der Waals surface area contributed by atoms with Crippen LogP contribution in [0.5, 0.6) is 0 Å². The van der Waals surface area contributed by atoms with Crippen molar-refractivity contribution < 1.29 is 9.31 Å². The number of benzene rings is 1. The third-order valence-electron chi connectivity index (χ3n) is 2.11. The first-order valence-electron chi connectivity index (χ1n) is 4.75. The van der Waals surface area contributed by atoms with Crippen LogP contribution in [-0.4, -0.2) is 11.0 Å². The summed E-state index contributed by atoms with van der Waals surface area (Å²) in [5.41, 5.74) is -0.467. The Kier molecular flexibility index (Phi) is 3.84. The van der Waals surface area contributed by atoms with E-state index in [9.17, 15) is 14.5 Å².